The van der Waals surface area contributed by atoms with Gasteiger partial charge < -0.3 is 5.73 Å². The Labute approximate surface area is 130 Å². The lowest BCUT2D eigenvalue weighted by Gasteiger charge is -2.10. The molecule has 5 heteroatoms. The van der Waals surface area contributed by atoms with Crippen LogP contribution in [0.5, 0.6) is 0 Å². The molecule has 0 saturated heterocycles. The topological polar surface area (TPSA) is 43.8 Å². The summed E-state index contributed by atoms with van der Waals surface area (Å²) in [4.78, 5) is 0. The van der Waals surface area contributed by atoms with Crippen molar-refractivity contribution in [2.24, 2.45) is 12.8 Å². The number of fused-ring (bicyclic) bond motifs is 1. The molecule has 0 aliphatic rings. The fourth-order valence-corrected chi connectivity index (χ4v) is 2.87. The van der Waals surface area contributed by atoms with Crippen molar-refractivity contribution in [1.82, 2.24) is 9.78 Å². The molecule has 0 aliphatic heterocycles. The van der Waals surface area contributed by atoms with Crippen LogP contribution in [0, 0.1) is 5.82 Å². The number of hydrogen-bond acceptors (Lipinski definition) is 2. The van der Waals surface area contributed by atoms with Crippen LogP contribution < -0.4 is 5.73 Å². The fourth-order valence-electron chi connectivity index (χ4n) is 2.54. The molecule has 2 aromatic carbocycles. The number of aryl methyl sites for hydroxylation is 1. The summed E-state index contributed by atoms with van der Waals surface area (Å²) in [5.74, 6) is -0.250. The zero-order valence-electron chi connectivity index (χ0n) is 11.6. The number of nitrogens with zero attached hydrogens (tertiary/aromatic N) is 2. The van der Waals surface area contributed by atoms with Crippen molar-refractivity contribution in [3.63, 3.8) is 0 Å². The molecule has 108 valence electrons. The van der Waals surface area contributed by atoms with Gasteiger partial charge in [0.15, 0.2) is 0 Å². The third kappa shape index (κ3) is 2.71. The monoisotopic (exact) mass is 347 g/mol. The third-order valence-electron chi connectivity index (χ3n) is 3.59. The van der Waals surface area contributed by atoms with Gasteiger partial charge in [-0.15, -0.1) is 0 Å². The molecule has 0 amide bonds. The van der Waals surface area contributed by atoms with Crippen LogP contribution in [0.25, 0.3) is 10.9 Å². The molecule has 21 heavy (non-hydrogen) atoms. The lowest BCUT2D eigenvalue weighted by Crippen LogP contribution is -2.15. The minimum absolute atomic E-state index is 0.250. The van der Waals surface area contributed by atoms with Gasteiger partial charge in [0.05, 0.1) is 17.3 Å². The predicted molar refractivity (Wildman–Crippen MR) is 85.4 cm³/mol. The molecule has 1 heterocycles. The van der Waals surface area contributed by atoms with Crippen LogP contribution in [0.3, 0.4) is 0 Å². The Hall–Kier alpha value is -1.72. The summed E-state index contributed by atoms with van der Waals surface area (Å²) in [5.41, 5.74) is 8.69. The van der Waals surface area contributed by atoms with Crippen LogP contribution >= 0.6 is 15.9 Å². The molecular formula is C16H15BrFN3. The first kappa shape index (κ1) is 14.2. The smallest absolute Gasteiger partial charge is 0.127 e. The quantitative estimate of drug-likeness (QED) is 0.784. The van der Waals surface area contributed by atoms with Crippen LogP contribution in [-0.4, -0.2) is 9.78 Å². The van der Waals surface area contributed by atoms with Gasteiger partial charge in [-0.2, -0.15) is 5.10 Å². The van der Waals surface area contributed by atoms with Crippen molar-refractivity contribution in [2.45, 2.75) is 12.5 Å². The Bertz CT molecular complexity index is 797. The van der Waals surface area contributed by atoms with E-state index >= 15 is 0 Å². The van der Waals surface area contributed by atoms with Crippen molar-refractivity contribution in [2.75, 3.05) is 0 Å². The van der Waals surface area contributed by atoms with Crippen molar-refractivity contribution in [1.29, 1.82) is 0 Å². The SMILES string of the molecule is Cn1nc(C(N)Cc2ccc(Br)cc2F)c2ccccc21. The van der Waals surface area contributed by atoms with Crippen LogP contribution in [0.4, 0.5) is 4.39 Å². The second kappa shape index (κ2) is 5.58. The van der Waals surface area contributed by atoms with E-state index in [0.29, 0.717) is 12.0 Å². The van der Waals surface area contributed by atoms with Gasteiger partial charge in [0.25, 0.3) is 0 Å². The maximum absolute atomic E-state index is 13.9. The molecule has 0 bridgehead atoms. The van der Waals surface area contributed by atoms with Crippen LogP contribution in [0.2, 0.25) is 0 Å². The van der Waals surface area contributed by atoms with Crippen molar-refractivity contribution in [3.8, 4) is 0 Å². The normalized spacial score (nSPS) is 12.8. The van der Waals surface area contributed by atoms with E-state index in [2.05, 4.69) is 21.0 Å². The average molecular weight is 348 g/mol. The fraction of sp³-hybridized carbons (Fsp3) is 0.188. The van der Waals surface area contributed by atoms with Crippen molar-refractivity contribution < 1.29 is 4.39 Å². The highest BCUT2D eigenvalue weighted by Gasteiger charge is 2.17. The minimum atomic E-state index is -0.341. The number of para-hydroxylation sites is 1. The van der Waals surface area contributed by atoms with E-state index < -0.39 is 0 Å². The van der Waals surface area contributed by atoms with Gasteiger partial charge in [0.1, 0.15) is 5.82 Å². The lowest BCUT2D eigenvalue weighted by atomic mass is 10.0. The largest absolute Gasteiger partial charge is 0.322 e. The van der Waals surface area contributed by atoms with E-state index in [1.807, 2.05) is 42.1 Å². The van der Waals surface area contributed by atoms with Crippen molar-refractivity contribution in [3.05, 3.63) is 64.0 Å². The van der Waals surface area contributed by atoms with E-state index in [1.165, 1.54) is 6.07 Å². The summed E-state index contributed by atoms with van der Waals surface area (Å²) in [6, 6.07) is 12.6. The predicted octanol–water partition coefficient (Wildman–Crippen LogP) is 3.72. The van der Waals surface area contributed by atoms with Gasteiger partial charge >= 0.3 is 0 Å². The van der Waals surface area contributed by atoms with Gasteiger partial charge in [-0.05, 0) is 30.2 Å². The number of halogens is 2. The zero-order valence-corrected chi connectivity index (χ0v) is 13.1. The molecule has 0 aliphatic carbocycles. The van der Waals surface area contributed by atoms with Gasteiger partial charge in [0, 0.05) is 16.9 Å². The summed E-state index contributed by atoms with van der Waals surface area (Å²) < 4.78 is 16.5. The summed E-state index contributed by atoms with van der Waals surface area (Å²) in [7, 11) is 1.89. The van der Waals surface area contributed by atoms with Gasteiger partial charge in [-0.1, -0.05) is 40.2 Å². The minimum Gasteiger partial charge on any atom is -0.322 e. The molecule has 3 aromatic rings. The maximum atomic E-state index is 13.9. The van der Waals surface area contributed by atoms with E-state index in [1.54, 1.807) is 6.07 Å². The first-order chi connectivity index (χ1) is 10.1. The van der Waals surface area contributed by atoms with Crippen molar-refractivity contribution >= 4 is 26.8 Å². The molecule has 0 fully saturated rings. The number of nitrogens with two attached hydrogens (primary N) is 1. The highest BCUT2D eigenvalue weighted by atomic mass is 79.9. The molecule has 3 nitrogen and oxygen atoms in total. The van der Waals surface area contributed by atoms with E-state index in [9.17, 15) is 4.39 Å². The van der Waals surface area contributed by atoms with Crippen LogP contribution in [-0.2, 0) is 13.5 Å². The Morgan fingerprint density at radius 2 is 2.05 bits per heavy atom. The first-order valence-corrected chi connectivity index (χ1v) is 7.46. The second-order valence-electron chi connectivity index (χ2n) is 5.07. The summed E-state index contributed by atoms with van der Waals surface area (Å²) in [5, 5.41) is 5.51. The standard InChI is InChI=1S/C16H15BrFN3/c1-21-15-5-3-2-4-12(15)16(20-21)14(19)8-10-6-7-11(17)9-13(10)18/h2-7,9,14H,8,19H2,1H3. The van der Waals surface area contributed by atoms with E-state index in [-0.39, 0.29) is 11.9 Å². The Morgan fingerprint density at radius 1 is 1.29 bits per heavy atom. The molecule has 0 spiro atoms. The van der Waals surface area contributed by atoms with Gasteiger partial charge in [0.2, 0.25) is 0 Å². The second-order valence-corrected chi connectivity index (χ2v) is 5.99. The molecule has 1 unspecified atom stereocenters. The Balaban J connectivity index is 1.95. The molecule has 0 radical (unpaired) electrons. The summed E-state index contributed by atoms with van der Waals surface area (Å²) in [6.07, 6.45) is 0.417. The molecule has 1 aromatic heterocycles. The Kier molecular flexibility index (Phi) is 3.78. The number of rotatable bonds is 3. The number of hydrogen-bond donors (Lipinski definition) is 1. The lowest BCUT2D eigenvalue weighted by molar-refractivity contribution is 0.586. The summed E-state index contributed by atoms with van der Waals surface area (Å²) >= 11 is 3.26. The Morgan fingerprint density at radius 3 is 2.81 bits per heavy atom. The van der Waals surface area contributed by atoms with E-state index in [4.69, 9.17) is 5.73 Å². The summed E-state index contributed by atoms with van der Waals surface area (Å²) in [6.45, 7) is 0. The van der Waals surface area contributed by atoms with Gasteiger partial charge in [-0.25, -0.2) is 4.39 Å². The van der Waals surface area contributed by atoms with Crippen LogP contribution in [0.15, 0.2) is 46.9 Å². The highest BCUT2D eigenvalue weighted by molar-refractivity contribution is 9.10. The molecule has 1 atom stereocenters. The third-order valence-corrected chi connectivity index (χ3v) is 4.09. The van der Waals surface area contributed by atoms with Gasteiger partial charge in [-0.3, -0.25) is 4.68 Å². The average Bonchev–Trinajstić information content (AvgIpc) is 2.80. The molecule has 3 rings (SSSR count). The number of aromatic nitrogens is 2. The zero-order chi connectivity index (χ0) is 15.0. The van der Waals surface area contributed by atoms with Crippen LogP contribution in [0.1, 0.15) is 17.3 Å². The number of benzene rings is 2. The maximum Gasteiger partial charge on any atom is 0.127 e. The van der Waals surface area contributed by atoms with E-state index in [0.717, 1.165) is 21.1 Å². The molecule has 0 saturated carbocycles. The molecule has 2 N–H and O–H groups in total. The first-order valence-electron chi connectivity index (χ1n) is 6.67. The molecular weight excluding hydrogens is 333 g/mol. The highest BCUT2D eigenvalue weighted by Crippen LogP contribution is 2.25.